The van der Waals surface area contributed by atoms with Crippen LogP contribution in [-0.4, -0.2) is 37.1 Å². The molecule has 0 aromatic carbocycles. The van der Waals surface area contributed by atoms with Crippen LogP contribution in [0.15, 0.2) is 0 Å². The molecule has 2 heteroatoms. The summed E-state index contributed by atoms with van der Waals surface area (Å²) in [5, 5.41) is 3.42. The van der Waals surface area contributed by atoms with Crippen LogP contribution in [0.2, 0.25) is 0 Å². The van der Waals surface area contributed by atoms with Gasteiger partial charge >= 0.3 is 0 Å². The molecule has 1 aliphatic heterocycles. The van der Waals surface area contributed by atoms with Gasteiger partial charge in [0.1, 0.15) is 0 Å². The smallest absolute Gasteiger partial charge is 0.0193 e. The van der Waals surface area contributed by atoms with Gasteiger partial charge in [-0.05, 0) is 25.7 Å². The summed E-state index contributed by atoms with van der Waals surface area (Å²) in [5.41, 5.74) is 0. The van der Waals surface area contributed by atoms with Crippen LogP contribution in [0.1, 0.15) is 19.8 Å². The highest BCUT2D eigenvalue weighted by atomic mass is 15.2. The lowest BCUT2D eigenvalue weighted by molar-refractivity contribution is 0.167. The Kier molecular flexibility index (Phi) is 2.14. The van der Waals surface area contributed by atoms with E-state index in [2.05, 4.69) is 17.1 Å². The fourth-order valence-corrected chi connectivity index (χ4v) is 1.79. The van der Waals surface area contributed by atoms with Crippen molar-refractivity contribution in [2.45, 2.75) is 25.8 Å². The molecule has 0 amide bonds. The molecule has 2 fully saturated rings. The first-order valence-corrected chi connectivity index (χ1v) is 4.81. The van der Waals surface area contributed by atoms with Crippen molar-refractivity contribution in [1.29, 1.82) is 0 Å². The van der Waals surface area contributed by atoms with E-state index in [0.29, 0.717) is 0 Å². The summed E-state index contributed by atoms with van der Waals surface area (Å²) >= 11 is 0. The molecular formula is C9H18N2. The van der Waals surface area contributed by atoms with Gasteiger partial charge in [-0.3, -0.25) is 4.90 Å². The van der Waals surface area contributed by atoms with Crippen LogP contribution in [0.5, 0.6) is 0 Å². The van der Waals surface area contributed by atoms with E-state index in [1.807, 2.05) is 0 Å². The monoisotopic (exact) mass is 154 g/mol. The van der Waals surface area contributed by atoms with Crippen LogP contribution in [0.3, 0.4) is 0 Å². The largest absolute Gasteiger partial charge is 0.314 e. The highest BCUT2D eigenvalue weighted by Crippen LogP contribution is 2.30. The van der Waals surface area contributed by atoms with Crippen LogP contribution in [0.25, 0.3) is 0 Å². The van der Waals surface area contributed by atoms with Gasteiger partial charge < -0.3 is 5.32 Å². The minimum absolute atomic E-state index is 0.768. The average molecular weight is 154 g/mol. The quantitative estimate of drug-likeness (QED) is 0.629. The number of hydrogen-bond acceptors (Lipinski definition) is 2. The molecule has 0 spiro atoms. The number of nitrogens with zero attached hydrogens (tertiary/aromatic N) is 1. The summed E-state index contributed by atoms with van der Waals surface area (Å²) in [4.78, 5) is 2.63. The second kappa shape index (κ2) is 3.11. The molecule has 1 N–H and O–H groups in total. The Morgan fingerprint density at radius 1 is 1.45 bits per heavy atom. The number of piperazine rings is 1. The third-order valence-electron chi connectivity index (χ3n) is 2.83. The fraction of sp³-hybridized carbons (Fsp3) is 1.00. The van der Waals surface area contributed by atoms with E-state index in [4.69, 9.17) is 0 Å². The van der Waals surface area contributed by atoms with Crippen molar-refractivity contribution in [3.05, 3.63) is 0 Å². The normalized spacial score (nSPS) is 34.1. The minimum atomic E-state index is 0.768. The Balaban J connectivity index is 1.78. The van der Waals surface area contributed by atoms with Crippen LogP contribution in [-0.2, 0) is 0 Å². The third-order valence-corrected chi connectivity index (χ3v) is 2.83. The van der Waals surface area contributed by atoms with Crippen LogP contribution in [0, 0.1) is 5.92 Å². The lowest BCUT2D eigenvalue weighted by Crippen LogP contribution is -2.50. The average Bonchev–Trinajstić information content (AvgIpc) is 2.78. The Morgan fingerprint density at radius 2 is 2.27 bits per heavy atom. The van der Waals surface area contributed by atoms with Crippen molar-refractivity contribution in [2.75, 3.05) is 26.2 Å². The summed E-state index contributed by atoms with van der Waals surface area (Å²) in [6, 6.07) is 0.768. The Bertz CT molecular complexity index is 132. The van der Waals surface area contributed by atoms with E-state index in [0.717, 1.165) is 12.0 Å². The summed E-state index contributed by atoms with van der Waals surface area (Å²) in [6.45, 7) is 7.33. The molecule has 1 atom stereocenters. The van der Waals surface area contributed by atoms with E-state index in [-0.39, 0.29) is 0 Å². The molecule has 1 unspecified atom stereocenters. The molecule has 2 aliphatic rings. The molecule has 11 heavy (non-hydrogen) atoms. The molecule has 0 aromatic rings. The number of rotatable bonds is 2. The van der Waals surface area contributed by atoms with E-state index in [1.165, 1.54) is 39.0 Å². The maximum Gasteiger partial charge on any atom is 0.0193 e. The molecular weight excluding hydrogens is 136 g/mol. The first-order chi connectivity index (χ1) is 5.36. The molecule has 64 valence electrons. The first-order valence-electron chi connectivity index (χ1n) is 4.81. The Morgan fingerprint density at radius 3 is 2.91 bits per heavy atom. The van der Waals surface area contributed by atoms with Gasteiger partial charge in [-0.2, -0.15) is 0 Å². The predicted octanol–water partition coefficient (Wildman–Crippen LogP) is 0.690. The highest BCUT2D eigenvalue weighted by Gasteiger charge is 2.27. The summed E-state index contributed by atoms with van der Waals surface area (Å²) in [6.07, 6.45) is 2.97. The summed E-state index contributed by atoms with van der Waals surface area (Å²) < 4.78 is 0. The van der Waals surface area contributed by atoms with E-state index >= 15 is 0 Å². The molecule has 0 aromatic heterocycles. The second-order valence-electron chi connectivity index (χ2n) is 3.99. The van der Waals surface area contributed by atoms with E-state index in [9.17, 15) is 0 Å². The van der Waals surface area contributed by atoms with Crippen LogP contribution in [0.4, 0.5) is 0 Å². The van der Waals surface area contributed by atoms with Crippen LogP contribution >= 0.6 is 0 Å². The van der Waals surface area contributed by atoms with E-state index < -0.39 is 0 Å². The minimum Gasteiger partial charge on any atom is -0.314 e. The van der Waals surface area contributed by atoms with E-state index in [1.54, 1.807) is 0 Å². The Labute approximate surface area is 69.0 Å². The summed E-state index contributed by atoms with van der Waals surface area (Å²) in [5.74, 6) is 1.05. The maximum atomic E-state index is 3.42. The molecule has 2 nitrogen and oxygen atoms in total. The van der Waals surface area contributed by atoms with Crippen molar-refractivity contribution in [3.8, 4) is 0 Å². The van der Waals surface area contributed by atoms with Gasteiger partial charge in [0, 0.05) is 32.2 Å². The van der Waals surface area contributed by atoms with Crippen molar-refractivity contribution in [1.82, 2.24) is 10.2 Å². The molecule has 1 aliphatic carbocycles. The van der Waals surface area contributed by atoms with Crippen molar-refractivity contribution in [2.24, 2.45) is 5.92 Å². The zero-order valence-corrected chi connectivity index (χ0v) is 7.34. The van der Waals surface area contributed by atoms with Gasteiger partial charge in [-0.25, -0.2) is 0 Å². The predicted molar refractivity (Wildman–Crippen MR) is 46.6 cm³/mol. The summed E-state index contributed by atoms with van der Waals surface area (Å²) in [7, 11) is 0. The van der Waals surface area contributed by atoms with Gasteiger partial charge in [0.25, 0.3) is 0 Å². The Hall–Kier alpha value is -0.0800. The first kappa shape index (κ1) is 7.56. The molecule has 1 saturated heterocycles. The topological polar surface area (TPSA) is 15.3 Å². The highest BCUT2D eigenvalue weighted by molar-refractivity contribution is 4.82. The van der Waals surface area contributed by atoms with Gasteiger partial charge in [-0.1, -0.05) is 0 Å². The lowest BCUT2D eigenvalue weighted by atomic mass is 10.2. The SMILES string of the molecule is CC1CNCCN1CC1CC1. The van der Waals surface area contributed by atoms with Gasteiger partial charge in [0.15, 0.2) is 0 Å². The van der Waals surface area contributed by atoms with Gasteiger partial charge in [0.05, 0.1) is 0 Å². The van der Waals surface area contributed by atoms with Crippen LogP contribution < -0.4 is 5.32 Å². The fourth-order valence-electron chi connectivity index (χ4n) is 1.79. The van der Waals surface area contributed by atoms with Crippen molar-refractivity contribution >= 4 is 0 Å². The molecule has 1 saturated carbocycles. The lowest BCUT2D eigenvalue weighted by Gasteiger charge is -2.33. The molecule has 2 rings (SSSR count). The standard InChI is InChI=1S/C9H18N2/c1-8-6-10-4-5-11(8)7-9-2-3-9/h8-10H,2-7H2,1H3. The third kappa shape index (κ3) is 1.94. The zero-order valence-electron chi connectivity index (χ0n) is 7.34. The molecule has 0 radical (unpaired) electrons. The number of nitrogens with one attached hydrogen (secondary N) is 1. The van der Waals surface area contributed by atoms with Crippen molar-refractivity contribution in [3.63, 3.8) is 0 Å². The van der Waals surface area contributed by atoms with Gasteiger partial charge in [0.2, 0.25) is 0 Å². The maximum absolute atomic E-state index is 3.42. The van der Waals surface area contributed by atoms with Gasteiger partial charge in [-0.15, -0.1) is 0 Å². The molecule has 0 bridgehead atoms. The number of hydrogen-bond donors (Lipinski definition) is 1. The second-order valence-corrected chi connectivity index (χ2v) is 3.99. The molecule has 1 heterocycles. The zero-order chi connectivity index (χ0) is 7.68. The van der Waals surface area contributed by atoms with Crippen molar-refractivity contribution < 1.29 is 0 Å².